The van der Waals surface area contributed by atoms with Crippen molar-refractivity contribution in [2.75, 3.05) is 12.4 Å². The molecule has 0 aromatic heterocycles. The maximum atomic E-state index is 12.1. The van der Waals surface area contributed by atoms with Crippen molar-refractivity contribution in [3.8, 4) is 11.5 Å². The Balaban J connectivity index is 2.95. The molecule has 1 aromatic rings. The van der Waals surface area contributed by atoms with Crippen LogP contribution in [0.4, 0.5) is 27.6 Å². The number of halogens is 5. The summed E-state index contributed by atoms with van der Waals surface area (Å²) in [6, 6.07) is 2.94. The van der Waals surface area contributed by atoms with Gasteiger partial charge in [0.25, 0.3) is 0 Å². The zero-order chi connectivity index (χ0) is 14.6. The smallest absolute Gasteiger partial charge is 0.471 e. The average Bonchev–Trinajstić information content (AvgIpc) is 2.27. The predicted molar refractivity (Wildman–Crippen MR) is 54.3 cm³/mol. The Kier molecular flexibility index (Phi) is 4.52. The van der Waals surface area contributed by atoms with E-state index in [0.29, 0.717) is 0 Å². The van der Waals surface area contributed by atoms with Gasteiger partial charge in [-0.3, -0.25) is 4.79 Å². The van der Waals surface area contributed by atoms with Crippen molar-refractivity contribution in [2.45, 2.75) is 12.8 Å². The lowest BCUT2D eigenvalue weighted by Crippen LogP contribution is -2.29. The number of alkyl halides is 5. The Hall–Kier alpha value is -2.06. The van der Waals surface area contributed by atoms with Gasteiger partial charge in [-0.15, -0.1) is 0 Å². The molecule has 0 aliphatic carbocycles. The fourth-order valence-electron chi connectivity index (χ4n) is 1.14. The van der Waals surface area contributed by atoms with Gasteiger partial charge in [0.05, 0.1) is 7.11 Å². The lowest BCUT2D eigenvalue weighted by atomic mass is 10.2. The molecule has 4 nitrogen and oxygen atoms in total. The summed E-state index contributed by atoms with van der Waals surface area (Å²) in [7, 11) is 1.17. The van der Waals surface area contributed by atoms with Crippen molar-refractivity contribution in [2.24, 2.45) is 0 Å². The highest BCUT2D eigenvalue weighted by atomic mass is 19.4. The number of hydrogen-bond acceptors (Lipinski definition) is 3. The van der Waals surface area contributed by atoms with Gasteiger partial charge in [0.1, 0.15) is 0 Å². The minimum Gasteiger partial charge on any atom is -0.493 e. The van der Waals surface area contributed by atoms with E-state index in [0.717, 1.165) is 18.2 Å². The van der Waals surface area contributed by atoms with Crippen LogP contribution in [-0.4, -0.2) is 25.8 Å². The number of ether oxygens (including phenoxy) is 2. The van der Waals surface area contributed by atoms with Gasteiger partial charge in [-0.2, -0.15) is 22.0 Å². The summed E-state index contributed by atoms with van der Waals surface area (Å²) in [6.45, 7) is -3.18. The molecular weight excluding hydrogens is 277 g/mol. The van der Waals surface area contributed by atoms with E-state index < -0.39 is 24.4 Å². The third kappa shape index (κ3) is 4.27. The lowest BCUT2D eigenvalue weighted by Gasteiger charge is -2.12. The third-order valence-electron chi connectivity index (χ3n) is 1.90. The summed E-state index contributed by atoms with van der Waals surface area (Å²) in [4.78, 5) is 10.7. The molecule has 106 valence electrons. The van der Waals surface area contributed by atoms with Crippen molar-refractivity contribution >= 4 is 11.6 Å². The molecule has 0 aliphatic rings. The highest BCUT2D eigenvalue weighted by Gasteiger charge is 2.38. The van der Waals surface area contributed by atoms with Gasteiger partial charge in [0.2, 0.25) is 0 Å². The number of methoxy groups -OCH3 is 1. The Labute approximate surface area is 104 Å². The number of nitrogens with one attached hydrogen (secondary N) is 1. The molecule has 0 bridgehead atoms. The van der Waals surface area contributed by atoms with Crippen LogP contribution < -0.4 is 14.8 Å². The molecule has 0 saturated heterocycles. The van der Waals surface area contributed by atoms with Gasteiger partial charge >= 0.3 is 18.7 Å². The van der Waals surface area contributed by atoms with Gasteiger partial charge in [-0.1, -0.05) is 0 Å². The second-order valence-corrected chi connectivity index (χ2v) is 3.20. The fraction of sp³-hybridized carbons (Fsp3) is 0.300. The van der Waals surface area contributed by atoms with Crippen molar-refractivity contribution in [1.29, 1.82) is 0 Å². The van der Waals surface area contributed by atoms with Crippen LogP contribution in [0.15, 0.2) is 18.2 Å². The van der Waals surface area contributed by atoms with E-state index in [-0.39, 0.29) is 11.4 Å². The minimum absolute atomic E-state index is 0.106. The van der Waals surface area contributed by atoms with Crippen LogP contribution >= 0.6 is 0 Å². The summed E-state index contributed by atoms with van der Waals surface area (Å²) in [5.74, 6) is -2.82. The Morgan fingerprint density at radius 3 is 2.37 bits per heavy atom. The second-order valence-electron chi connectivity index (χ2n) is 3.20. The Morgan fingerprint density at radius 2 is 1.89 bits per heavy atom. The number of rotatable bonds is 4. The standard InChI is InChI=1S/C10H8F5NO3/c1-18-6-3-2-5(4-7(6)19-9(11)12)16-8(17)10(13,14)15/h2-4,9H,1H3,(H,16,17). The first kappa shape index (κ1) is 15.0. The van der Waals surface area contributed by atoms with Gasteiger partial charge in [0.15, 0.2) is 11.5 Å². The summed E-state index contributed by atoms with van der Waals surface area (Å²) in [5, 5.41) is 1.50. The lowest BCUT2D eigenvalue weighted by molar-refractivity contribution is -0.167. The highest BCUT2D eigenvalue weighted by Crippen LogP contribution is 2.32. The molecule has 0 spiro atoms. The molecule has 0 unspecified atom stereocenters. The van der Waals surface area contributed by atoms with Gasteiger partial charge in [0, 0.05) is 11.8 Å². The van der Waals surface area contributed by atoms with Crippen LogP contribution in [0.3, 0.4) is 0 Å². The van der Waals surface area contributed by atoms with E-state index in [1.165, 1.54) is 12.4 Å². The second kappa shape index (κ2) is 5.72. The SMILES string of the molecule is COc1ccc(NC(=O)C(F)(F)F)cc1OC(F)F. The number of carbonyl (C=O) groups is 1. The molecule has 0 atom stereocenters. The maximum absolute atomic E-state index is 12.1. The molecular formula is C10H8F5NO3. The normalized spacial score (nSPS) is 11.3. The maximum Gasteiger partial charge on any atom is 0.471 e. The molecule has 1 amide bonds. The van der Waals surface area contributed by atoms with Crippen molar-refractivity contribution < 1.29 is 36.2 Å². The Bertz CT molecular complexity index is 461. The molecule has 0 aliphatic heterocycles. The zero-order valence-corrected chi connectivity index (χ0v) is 9.42. The van der Waals surface area contributed by atoms with Crippen molar-refractivity contribution in [3.05, 3.63) is 18.2 Å². The fourth-order valence-corrected chi connectivity index (χ4v) is 1.14. The van der Waals surface area contributed by atoms with Gasteiger partial charge < -0.3 is 14.8 Å². The van der Waals surface area contributed by atoms with Gasteiger partial charge in [-0.05, 0) is 12.1 Å². The molecule has 9 heteroatoms. The quantitative estimate of drug-likeness (QED) is 0.865. The summed E-state index contributed by atoms with van der Waals surface area (Å²) < 4.78 is 68.9. The number of amides is 1. The topological polar surface area (TPSA) is 47.6 Å². The molecule has 0 radical (unpaired) electrons. The molecule has 1 aromatic carbocycles. The monoisotopic (exact) mass is 285 g/mol. The van der Waals surface area contributed by atoms with Crippen LogP contribution in [0, 0.1) is 0 Å². The molecule has 0 fully saturated rings. The van der Waals surface area contributed by atoms with Crippen molar-refractivity contribution in [1.82, 2.24) is 0 Å². The molecule has 1 rings (SSSR count). The van der Waals surface area contributed by atoms with Crippen LogP contribution in [-0.2, 0) is 4.79 Å². The largest absolute Gasteiger partial charge is 0.493 e. The number of anilines is 1. The first-order valence-electron chi connectivity index (χ1n) is 4.75. The van der Waals surface area contributed by atoms with Crippen molar-refractivity contribution in [3.63, 3.8) is 0 Å². The first-order valence-corrected chi connectivity index (χ1v) is 4.75. The van der Waals surface area contributed by atoms with E-state index in [1.807, 2.05) is 0 Å². The van der Waals surface area contributed by atoms with Crippen LogP contribution in [0.1, 0.15) is 0 Å². The van der Waals surface area contributed by atoms with E-state index in [1.54, 1.807) is 0 Å². The number of hydrogen-bond donors (Lipinski definition) is 1. The first-order chi connectivity index (χ1) is 8.74. The summed E-state index contributed by atoms with van der Waals surface area (Å²) >= 11 is 0. The van der Waals surface area contributed by atoms with Crippen LogP contribution in [0.25, 0.3) is 0 Å². The van der Waals surface area contributed by atoms with E-state index >= 15 is 0 Å². The van der Waals surface area contributed by atoms with Crippen LogP contribution in [0.5, 0.6) is 11.5 Å². The van der Waals surface area contributed by atoms with E-state index in [2.05, 4.69) is 9.47 Å². The van der Waals surface area contributed by atoms with Gasteiger partial charge in [-0.25, -0.2) is 0 Å². The molecule has 19 heavy (non-hydrogen) atoms. The minimum atomic E-state index is -5.08. The van der Waals surface area contributed by atoms with Crippen LogP contribution in [0.2, 0.25) is 0 Å². The predicted octanol–water partition coefficient (Wildman–Crippen LogP) is 2.80. The molecule has 0 heterocycles. The van der Waals surface area contributed by atoms with E-state index in [9.17, 15) is 26.7 Å². The summed E-state index contributed by atoms with van der Waals surface area (Å²) in [5.41, 5.74) is -0.348. The number of benzene rings is 1. The molecule has 1 N–H and O–H groups in total. The molecule has 0 saturated carbocycles. The summed E-state index contributed by atoms with van der Waals surface area (Å²) in [6.07, 6.45) is -5.08. The third-order valence-corrected chi connectivity index (χ3v) is 1.90. The zero-order valence-electron chi connectivity index (χ0n) is 9.42. The van der Waals surface area contributed by atoms with E-state index in [4.69, 9.17) is 0 Å². The Morgan fingerprint density at radius 1 is 1.26 bits per heavy atom. The number of carbonyl (C=O) groups excluding carboxylic acids is 1. The highest BCUT2D eigenvalue weighted by molar-refractivity contribution is 5.95. The average molecular weight is 285 g/mol.